The third kappa shape index (κ3) is 5.31. The van der Waals surface area contributed by atoms with Crippen molar-refractivity contribution in [2.24, 2.45) is 5.73 Å². The van der Waals surface area contributed by atoms with Crippen LogP contribution >= 0.6 is 0 Å². The zero-order chi connectivity index (χ0) is 11.1. The first-order valence-corrected chi connectivity index (χ1v) is 4.37. The zero-order valence-electron chi connectivity index (χ0n) is 8.25. The summed E-state index contributed by atoms with van der Waals surface area (Å²) in [6.07, 6.45) is 0.901. The number of carbonyl (C=O) groups excluding carboxylic acids is 1. The molecular weight excluding hydrogens is 184 g/mol. The molecule has 0 rings (SSSR count). The lowest BCUT2D eigenvalue weighted by atomic mass is 10.2. The molecule has 0 aromatic rings. The number of carbonyl (C=O) groups is 2. The Bertz CT molecular complexity index is 238. The fourth-order valence-corrected chi connectivity index (χ4v) is 0.798. The topological polar surface area (TPSA) is 92.4 Å². The Hall–Kier alpha value is -1.36. The second-order valence-electron chi connectivity index (χ2n) is 3.12. The number of nitrogens with two attached hydrogens (primary N) is 1. The van der Waals surface area contributed by atoms with Crippen molar-refractivity contribution < 1.29 is 14.7 Å². The minimum absolute atomic E-state index is 0.214. The summed E-state index contributed by atoms with van der Waals surface area (Å²) in [6.45, 7) is 5.50. The summed E-state index contributed by atoms with van der Waals surface area (Å²) in [5, 5.41) is 11.0. The van der Waals surface area contributed by atoms with Crippen LogP contribution in [-0.4, -0.2) is 29.6 Å². The molecule has 0 fully saturated rings. The van der Waals surface area contributed by atoms with E-state index >= 15 is 0 Å². The Kier molecular flexibility index (Phi) is 5.55. The van der Waals surface area contributed by atoms with Crippen molar-refractivity contribution in [3.8, 4) is 0 Å². The van der Waals surface area contributed by atoms with Crippen LogP contribution in [-0.2, 0) is 9.59 Å². The molecule has 5 heteroatoms. The second kappa shape index (κ2) is 6.15. The minimum atomic E-state index is -1.02. The lowest BCUT2D eigenvalue weighted by Crippen LogP contribution is -2.32. The molecule has 0 unspecified atom stereocenters. The predicted molar refractivity (Wildman–Crippen MR) is 52.7 cm³/mol. The number of aliphatic carboxylic acids is 1. The Labute approximate surface area is 83.0 Å². The fourth-order valence-electron chi connectivity index (χ4n) is 0.798. The Morgan fingerprint density at radius 3 is 2.57 bits per heavy atom. The van der Waals surface area contributed by atoms with Gasteiger partial charge in [0.25, 0.3) is 0 Å². The van der Waals surface area contributed by atoms with Gasteiger partial charge in [0.2, 0.25) is 5.91 Å². The summed E-state index contributed by atoms with van der Waals surface area (Å²) in [5.74, 6) is -1.23. The van der Waals surface area contributed by atoms with Crippen molar-refractivity contribution >= 4 is 11.9 Å². The van der Waals surface area contributed by atoms with Gasteiger partial charge in [0.15, 0.2) is 0 Å². The largest absolute Gasteiger partial charge is 0.480 e. The molecule has 0 saturated carbocycles. The normalized spacial score (nSPS) is 11.9. The third-order valence-corrected chi connectivity index (χ3v) is 1.68. The van der Waals surface area contributed by atoms with Gasteiger partial charge >= 0.3 is 5.97 Å². The van der Waals surface area contributed by atoms with Crippen LogP contribution in [0.15, 0.2) is 12.2 Å². The van der Waals surface area contributed by atoms with E-state index in [2.05, 4.69) is 11.9 Å². The highest BCUT2D eigenvalue weighted by molar-refractivity contribution is 5.92. The van der Waals surface area contributed by atoms with Gasteiger partial charge in [-0.05, 0) is 19.8 Å². The van der Waals surface area contributed by atoms with Crippen molar-refractivity contribution in [2.45, 2.75) is 25.8 Å². The molecule has 1 amide bonds. The van der Waals surface area contributed by atoms with Gasteiger partial charge < -0.3 is 16.2 Å². The Balaban J connectivity index is 3.52. The average molecular weight is 200 g/mol. The molecule has 0 bridgehead atoms. The van der Waals surface area contributed by atoms with Crippen LogP contribution in [0, 0.1) is 0 Å². The van der Waals surface area contributed by atoms with Crippen molar-refractivity contribution in [3.05, 3.63) is 12.2 Å². The van der Waals surface area contributed by atoms with E-state index in [0.29, 0.717) is 25.0 Å². The van der Waals surface area contributed by atoms with Crippen LogP contribution in [0.3, 0.4) is 0 Å². The highest BCUT2D eigenvalue weighted by Crippen LogP contribution is 1.94. The summed E-state index contributed by atoms with van der Waals surface area (Å²) < 4.78 is 0. The van der Waals surface area contributed by atoms with Crippen LogP contribution in [0.1, 0.15) is 19.8 Å². The van der Waals surface area contributed by atoms with Gasteiger partial charge in [-0.1, -0.05) is 6.58 Å². The molecule has 0 aromatic carbocycles. The molecule has 4 N–H and O–H groups in total. The summed E-state index contributed by atoms with van der Waals surface area (Å²) >= 11 is 0. The van der Waals surface area contributed by atoms with Gasteiger partial charge in [-0.3, -0.25) is 9.59 Å². The Morgan fingerprint density at radius 1 is 1.57 bits per heavy atom. The maximum atomic E-state index is 11.0. The molecular formula is C9H16N2O3. The monoisotopic (exact) mass is 200 g/mol. The summed E-state index contributed by atoms with van der Waals surface area (Å²) in [7, 11) is 0. The lowest BCUT2D eigenvalue weighted by molar-refractivity contribution is -0.138. The maximum Gasteiger partial charge on any atom is 0.320 e. The Morgan fingerprint density at radius 2 is 2.14 bits per heavy atom. The standard InChI is InChI=1S/C9H16N2O3/c1-6(2)8(12)11-5-3-4-7(10)9(13)14/h7H,1,3-5,10H2,2H3,(H,11,12)(H,13,14)/t7-/m0/s1. The molecule has 1 atom stereocenters. The first-order valence-electron chi connectivity index (χ1n) is 4.37. The van der Waals surface area contributed by atoms with E-state index in [0.717, 1.165) is 0 Å². The number of amides is 1. The second-order valence-corrected chi connectivity index (χ2v) is 3.12. The van der Waals surface area contributed by atoms with Crippen LogP contribution in [0.5, 0.6) is 0 Å². The molecule has 0 aromatic heterocycles. The van der Waals surface area contributed by atoms with E-state index in [1.165, 1.54) is 0 Å². The van der Waals surface area contributed by atoms with Crippen LogP contribution in [0.25, 0.3) is 0 Å². The summed E-state index contributed by atoms with van der Waals surface area (Å²) in [4.78, 5) is 21.3. The van der Waals surface area contributed by atoms with Crippen LogP contribution < -0.4 is 11.1 Å². The quantitative estimate of drug-likeness (QED) is 0.411. The summed E-state index contributed by atoms with van der Waals surface area (Å²) in [6, 6.07) is -0.850. The number of hydrogen-bond donors (Lipinski definition) is 3. The molecule has 0 aliphatic carbocycles. The van der Waals surface area contributed by atoms with E-state index in [-0.39, 0.29) is 5.91 Å². The predicted octanol–water partition coefficient (Wildman–Crippen LogP) is -0.129. The van der Waals surface area contributed by atoms with Gasteiger partial charge in [0, 0.05) is 12.1 Å². The number of carboxylic acids is 1. The van der Waals surface area contributed by atoms with E-state index in [1.54, 1.807) is 6.92 Å². The highest BCUT2D eigenvalue weighted by Gasteiger charge is 2.10. The van der Waals surface area contributed by atoms with Gasteiger partial charge in [-0.2, -0.15) is 0 Å². The minimum Gasteiger partial charge on any atom is -0.480 e. The van der Waals surface area contributed by atoms with E-state index in [9.17, 15) is 9.59 Å². The van der Waals surface area contributed by atoms with Crippen LogP contribution in [0.2, 0.25) is 0 Å². The van der Waals surface area contributed by atoms with Crippen LogP contribution in [0.4, 0.5) is 0 Å². The number of nitrogens with one attached hydrogen (secondary N) is 1. The third-order valence-electron chi connectivity index (χ3n) is 1.68. The van der Waals surface area contributed by atoms with E-state index < -0.39 is 12.0 Å². The van der Waals surface area contributed by atoms with Crippen molar-refractivity contribution in [1.29, 1.82) is 0 Å². The highest BCUT2D eigenvalue weighted by atomic mass is 16.4. The van der Waals surface area contributed by atoms with Crippen molar-refractivity contribution in [1.82, 2.24) is 5.32 Å². The van der Waals surface area contributed by atoms with Gasteiger partial charge in [-0.25, -0.2) is 0 Å². The lowest BCUT2D eigenvalue weighted by Gasteiger charge is -2.07. The fraction of sp³-hybridized carbons (Fsp3) is 0.556. The molecule has 0 heterocycles. The molecule has 80 valence electrons. The molecule has 14 heavy (non-hydrogen) atoms. The number of hydrogen-bond acceptors (Lipinski definition) is 3. The van der Waals surface area contributed by atoms with Crippen molar-refractivity contribution in [3.63, 3.8) is 0 Å². The molecule has 0 saturated heterocycles. The van der Waals surface area contributed by atoms with Gasteiger partial charge in [0.05, 0.1) is 0 Å². The molecule has 0 aliphatic rings. The first-order chi connectivity index (χ1) is 6.45. The molecule has 0 spiro atoms. The smallest absolute Gasteiger partial charge is 0.320 e. The van der Waals surface area contributed by atoms with Gasteiger partial charge in [-0.15, -0.1) is 0 Å². The average Bonchev–Trinajstić information content (AvgIpc) is 2.11. The van der Waals surface area contributed by atoms with Crippen molar-refractivity contribution in [2.75, 3.05) is 6.54 Å². The number of carboxylic acid groups (broad SMARTS) is 1. The number of rotatable bonds is 6. The maximum absolute atomic E-state index is 11.0. The van der Waals surface area contributed by atoms with E-state index in [1.807, 2.05) is 0 Å². The molecule has 5 nitrogen and oxygen atoms in total. The first kappa shape index (κ1) is 12.6. The summed E-state index contributed by atoms with van der Waals surface area (Å²) in [5.41, 5.74) is 5.70. The van der Waals surface area contributed by atoms with Gasteiger partial charge in [0.1, 0.15) is 6.04 Å². The van der Waals surface area contributed by atoms with E-state index in [4.69, 9.17) is 10.8 Å². The molecule has 0 radical (unpaired) electrons. The SMILES string of the molecule is C=C(C)C(=O)NCCC[C@H](N)C(=O)O. The zero-order valence-corrected chi connectivity index (χ0v) is 8.25. The molecule has 0 aliphatic heterocycles.